The fourth-order valence-electron chi connectivity index (χ4n) is 2.99. The second kappa shape index (κ2) is 17.9. The Labute approximate surface area is 229 Å². The first-order valence-corrected chi connectivity index (χ1v) is 13.0. The maximum absolute atomic E-state index is 12.3. The fraction of sp³-hybridized carbons (Fsp3) is 0.630. The van der Waals surface area contributed by atoms with Gasteiger partial charge < -0.3 is 38.8 Å². The highest BCUT2D eigenvalue weighted by atomic mass is 16.7. The van der Waals surface area contributed by atoms with E-state index in [0.29, 0.717) is 30.2 Å². The average molecular weight is 556 g/mol. The summed E-state index contributed by atoms with van der Waals surface area (Å²) in [6.07, 6.45) is -2.22. The van der Waals surface area contributed by atoms with Crippen molar-refractivity contribution in [2.24, 2.45) is 11.8 Å². The van der Waals surface area contributed by atoms with E-state index in [4.69, 9.17) is 28.4 Å². The monoisotopic (exact) mass is 555 g/mol. The van der Waals surface area contributed by atoms with Crippen molar-refractivity contribution in [1.29, 1.82) is 0 Å². The van der Waals surface area contributed by atoms with Crippen LogP contribution in [-0.2, 0) is 30.2 Å². The molecule has 12 nitrogen and oxygen atoms in total. The zero-order valence-electron chi connectivity index (χ0n) is 23.5. The molecule has 0 aliphatic heterocycles. The van der Waals surface area contributed by atoms with Gasteiger partial charge in [0.1, 0.15) is 12.1 Å². The third kappa shape index (κ3) is 14.8. The number of nitrogens with one attached hydrogen (secondary N) is 1. The van der Waals surface area contributed by atoms with Gasteiger partial charge in [-0.1, -0.05) is 33.8 Å². The van der Waals surface area contributed by atoms with Crippen molar-refractivity contribution in [3.8, 4) is 11.5 Å². The van der Waals surface area contributed by atoms with Crippen LogP contribution in [0.2, 0.25) is 0 Å². The van der Waals surface area contributed by atoms with Gasteiger partial charge >= 0.3 is 24.4 Å². The highest BCUT2D eigenvalue weighted by Gasteiger charge is 2.22. The molecule has 0 spiro atoms. The molecule has 0 radical (unpaired) electrons. The van der Waals surface area contributed by atoms with E-state index in [0.717, 1.165) is 0 Å². The Hall–Kier alpha value is -3.54. The number of carbonyl (C=O) groups is 4. The van der Waals surface area contributed by atoms with E-state index in [9.17, 15) is 24.3 Å². The first kappa shape index (κ1) is 33.5. The lowest BCUT2D eigenvalue weighted by molar-refractivity contribution is -0.139. The molecule has 0 bridgehead atoms. The third-order valence-electron chi connectivity index (χ3n) is 5.17. The van der Waals surface area contributed by atoms with Crippen molar-refractivity contribution in [1.82, 2.24) is 5.32 Å². The number of carbonyl (C=O) groups excluding carboxylic acids is 3. The summed E-state index contributed by atoms with van der Waals surface area (Å²) in [6, 6.07) is 3.22. The minimum Gasteiger partial charge on any atom is -0.480 e. The van der Waals surface area contributed by atoms with Gasteiger partial charge in [0.15, 0.2) is 11.5 Å². The van der Waals surface area contributed by atoms with E-state index in [-0.39, 0.29) is 44.3 Å². The highest BCUT2D eigenvalue weighted by molar-refractivity contribution is 5.74. The van der Waals surface area contributed by atoms with E-state index >= 15 is 0 Å². The zero-order chi connectivity index (χ0) is 29.4. The molecule has 1 rings (SSSR count). The molecule has 1 aromatic carbocycles. The van der Waals surface area contributed by atoms with Crippen molar-refractivity contribution in [2.75, 3.05) is 26.4 Å². The van der Waals surface area contributed by atoms with E-state index in [2.05, 4.69) is 5.32 Å². The number of carboxylic acid groups (broad SMARTS) is 1. The minimum absolute atomic E-state index is 0.0284. The van der Waals surface area contributed by atoms with Gasteiger partial charge in [-0.3, -0.25) is 4.79 Å². The van der Waals surface area contributed by atoms with Crippen LogP contribution in [0.4, 0.5) is 14.4 Å². The first-order chi connectivity index (χ1) is 18.4. The average Bonchev–Trinajstić information content (AvgIpc) is 2.82. The molecule has 0 aliphatic carbocycles. The van der Waals surface area contributed by atoms with Gasteiger partial charge in [0.2, 0.25) is 0 Å². The Bertz CT molecular complexity index is 932. The van der Waals surface area contributed by atoms with Gasteiger partial charge in [-0.2, -0.15) is 0 Å². The molecule has 0 fully saturated rings. The molecule has 39 heavy (non-hydrogen) atoms. The lowest BCUT2D eigenvalue weighted by Crippen LogP contribution is -2.42. The summed E-state index contributed by atoms with van der Waals surface area (Å²) >= 11 is 0. The largest absolute Gasteiger partial charge is 0.513 e. The lowest BCUT2D eigenvalue weighted by Gasteiger charge is -2.19. The van der Waals surface area contributed by atoms with Crippen LogP contribution >= 0.6 is 0 Å². The molecule has 12 heteroatoms. The number of carboxylic acids is 1. The van der Waals surface area contributed by atoms with Crippen molar-refractivity contribution >= 4 is 24.4 Å². The second-order valence-corrected chi connectivity index (χ2v) is 9.66. The van der Waals surface area contributed by atoms with Gasteiger partial charge in [0.05, 0.1) is 19.8 Å². The van der Waals surface area contributed by atoms with E-state index < -0.39 is 36.6 Å². The summed E-state index contributed by atoms with van der Waals surface area (Å²) in [6.45, 7) is 11.7. The zero-order valence-corrected chi connectivity index (χ0v) is 23.5. The molecule has 0 saturated heterocycles. The van der Waals surface area contributed by atoms with Crippen LogP contribution in [-0.4, -0.2) is 68.1 Å². The molecule has 0 aliphatic rings. The number of benzene rings is 1. The predicted molar refractivity (Wildman–Crippen MR) is 140 cm³/mol. The minimum atomic E-state index is -1.15. The normalized spacial score (nSPS) is 12.4. The van der Waals surface area contributed by atoms with Crippen molar-refractivity contribution < 1.29 is 52.7 Å². The molecular weight excluding hydrogens is 514 g/mol. The summed E-state index contributed by atoms with van der Waals surface area (Å²) in [5, 5.41) is 12.5. The molecule has 2 N–H and O–H groups in total. The number of aliphatic carboxylic acids is 1. The summed E-state index contributed by atoms with van der Waals surface area (Å²) in [5.41, 5.74) is 0.458. The second-order valence-electron chi connectivity index (χ2n) is 9.66. The quantitative estimate of drug-likeness (QED) is 0.161. The molecule has 1 unspecified atom stereocenters. The van der Waals surface area contributed by atoms with Crippen molar-refractivity contribution in [3.63, 3.8) is 0 Å². The fourth-order valence-corrected chi connectivity index (χ4v) is 2.99. The number of hydrogen-bond donors (Lipinski definition) is 2. The van der Waals surface area contributed by atoms with Crippen LogP contribution < -0.4 is 14.8 Å². The Morgan fingerprint density at radius 1 is 0.821 bits per heavy atom. The summed E-state index contributed by atoms with van der Waals surface area (Å²) in [5.74, 6) is -0.738. The van der Waals surface area contributed by atoms with Gasteiger partial charge in [0, 0.05) is 6.54 Å². The molecule has 0 amide bonds. The van der Waals surface area contributed by atoms with Gasteiger partial charge in [-0.25, -0.2) is 14.4 Å². The maximum Gasteiger partial charge on any atom is 0.513 e. The van der Waals surface area contributed by atoms with Crippen LogP contribution in [0.3, 0.4) is 0 Å². The predicted octanol–water partition coefficient (Wildman–Crippen LogP) is 4.96. The van der Waals surface area contributed by atoms with E-state index in [1.807, 2.05) is 27.7 Å². The first-order valence-electron chi connectivity index (χ1n) is 13.0. The molecular formula is C27H41NO11. The van der Waals surface area contributed by atoms with Crippen LogP contribution in [0.5, 0.6) is 11.5 Å². The Morgan fingerprint density at radius 3 is 1.90 bits per heavy atom. The standard InChI is InChI=1S/C27H41NO11/c1-7-34-25(31)37-19(6)16-28-21(24(29)30)14-20-8-9-22(38-26(32)35-12-10-17(2)3)23(15-20)39-27(33)36-13-11-18(4)5/h8-9,15,17-19,21,28H,7,10-14,16H2,1-6H3,(H,29,30)/t19?,21-/m0/s1. The Kier molecular flexibility index (Phi) is 15.3. The van der Waals surface area contributed by atoms with Crippen LogP contribution in [0, 0.1) is 11.8 Å². The van der Waals surface area contributed by atoms with E-state index in [1.165, 1.54) is 18.2 Å². The summed E-state index contributed by atoms with van der Waals surface area (Å²) < 4.78 is 30.4. The Morgan fingerprint density at radius 2 is 1.38 bits per heavy atom. The highest BCUT2D eigenvalue weighted by Crippen LogP contribution is 2.30. The lowest BCUT2D eigenvalue weighted by atomic mass is 10.0. The Balaban J connectivity index is 2.97. The van der Waals surface area contributed by atoms with Gasteiger partial charge in [0.25, 0.3) is 0 Å². The third-order valence-corrected chi connectivity index (χ3v) is 5.17. The molecule has 0 saturated carbocycles. The van der Waals surface area contributed by atoms with Crippen molar-refractivity contribution in [3.05, 3.63) is 23.8 Å². The molecule has 0 aromatic heterocycles. The maximum atomic E-state index is 12.3. The topological polar surface area (TPSA) is 156 Å². The van der Waals surface area contributed by atoms with Crippen LogP contribution in [0.25, 0.3) is 0 Å². The smallest absolute Gasteiger partial charge is 0.480 e. The molecule has 0 heterocycles. The van der Waals surface area contributed by atoms with Gasteiger partial charge in [-0.15, -0.1) is 0 Å². The van der Waals surface area contributed by atoms with E-state index in [1.54, 1.807) is 13.8 Å². The van der Waals surface area contributed by atoms with Crippen LogP contribution in [0.1, 0.15) is 59.9 Å². The number of rotatable bonds is 16. The summed E-state index contributed by atoms with van der Waals surface area (Å²) in [4.78, 5) is 47.7. The number of ether oxygens (including phenoxy) is 6. The van der Waals surface area contributed by atoms with Crippen molar-refractivity contribution in [2.45, 2.75) is 73.0 Å². The molecule has 2 atom stereocenters. The van der Waals surface area contributed by atoms with Gasteiger partial charge in [-0.05, 0) is 62.6 Å². The molecule has 1 aromatic rings. The van der Waals surface area contributed by atoms with Crippen LogP contribution in [0.15, 0.2) is 18.2 Å². The molecule has 220 valence electrons. The SMILES string of the molecule is CCOC(=O)OC(C)CN[C@@H](Cc1ccc(OC(=O)OCCC(C)C)c(OC(=O)OCCC(C)C)c1)C(=O)O. The summed E-state index contributed by atoms with van der Waals surface area (Å²) in [7, 11) is 0. The number of hydrogen-bond acceptors (Lipinski definition) is 11.